The molecule has 9 heteroatoms. The normalized spacial score (nSPS) is 12.2. The van der Waals surface area contributed by atoms with Crippen molar-refractivity contribution >= 4 is 41.8 Å². The van der Waals surface area contributed by atoms with Gasteiger partial charge < -0.3 is 4.55 Å². The second kappa shape index (κ2) is 7.20. The van der Waals surface area contributed by atoms with Crippen LogP contribution in [0.3, 0.4) is 0 Å². The van der Waals surface area contributed by atoms with Gasteiger partial charge in [0.2, 0.25) is 0 Å². The van der Waals surface area contributed by atoms with Gasteiger partial charge in [0.1, 0.15) is 15.0 Å². The van der Waals surface area contributed by atoms with Gasteiger partial charge in [-0.05, 0) is 34.4 Å². The van der Waals surface area contributed by atoms with E-state index in [0.717, 1.165) is 18.6 Å². The summed E-state index contributed by atoms with van der Waals surface area (Å²) < 4.78 is 63.2. The molecule has 24 heavy (non-hydrogen) atoms. The van der Waals surface area contributed by atoms with Crippen LogP contribution in [0.5, 0.6) is 0 Å². The molecule has 0 aliphatic rings. The van der Waals surface area contributed by atoms with E-state index in [2.05, 4.69) is 4.18 Å². The van der Waals surface area contributed by atoms with Crippen molar-refractivity contribution in [2.24, 2.45) is 0 Å². The SMILES string of the molecule is COS(=O)(=O)c1c(S(=O)(=O)[O-])ccc2cc3ccccc3cc12.[Rb+]. The first-order chi connectivity index (χ1) is 10.7. The van der Waals surface area contributed by atoms with Crippen LogP contribution in [0.4, 0.5) is 0 Å². The summed E-state index contributed by atoms with van der Waals surface area (Å²) in [4.78, 5) is -1.44. The van der Waals surface area contributed by atoms with Crippen LogP contribution in [0.1, 0.15) is 0 Å². The molecule has 0 fully saturated rings. The second-order valence-corrected chi connectivity index (χ2v) is 7.89. The maximum Gasteiger partial charge on any atom is 1.00 e. The van der Waals surface area contributed by atoms with Crippen molar-refractivity contribution in [2.75, 3.05) is 7.11 Å². The van der Waals surface area contributed by atoms with Gasteiger partial charge >= 0.3 is 58.2 Å². The van der Waals surface area contributed by atoms with Crippen LogP contribution in [0.25, 0.3) is 21.5 Å². The van der Waals surface area contributed by atoms with E-state index >= 15 is 0 Å². The van der Waals surface area contributed by atoms with E-state index in [1.54, 1.807) is 18.2 Å². The van der Waals surface area contributed by atoms with E-state index in [9.17, 15) is 21.4 Å². The fraction of sp³-hybridized carbons (Fsp3) is 0.0667. The molecular formula is C15H11O6RbS2. The zero-order valence-corrected chi connectivity index (χ0v) is 19.4. The van der Waals surface area contributed by atoms with Crippen LogP contribution in [0, 0.1) is 0 Å². The molecule has 0 bridgehead atoms. The summed E-state index contributed by atoms with van der Waals surface area (Å²) in [6.07, 6.45) is 0. The predicted molar refractivity (Wildman–Crippen MR) is 83.6 cm³/mol. The molecule has 0 aliphatic heterocycles. The Morgan fingerprint density at radius 1 is 0.875 bits per heavy atom. The van der Waals surface area contributed by atoms with E-state index in [-0.39, 0.29) is 63.6 Å². The van der Waals surface area contributed by atoms with Crippen molar-refractivity contribution in [3.8, 4) is 0 Å². The van der Waals surface area contributed by atoms with Gasteiger partial charge in [-0.1, -0.05) is 30.3 Å². The molecule has 0 spiro atoms. The van der Waals surface area contributed by atoms with Gasteiger partial charge in [0, 0.05) is 5.39 Å². The molecule has 0 saturated heterocycles. The minimum absolute atomic E-state index is 0. The van der Waals surface area contributed by atoms with E-state index in [0.29, 0.717) is 10.8 Å². The number of hydrogen-bond acceptors (Lipinski definition) is 6. The molecule has 3 aromatic rings. The average Bonchev–Trinajstić information content (AvgIpc) is 2.50. The first kappa shape index (κ1) is 20.1. The summed E-state index contributed by atoms with van der Waals surface area (Å²) in [5, 5.41) is 2.20. The zero-order chi connectivity index (χ0) is 16.8. The standard InChI is InChI=1S/C15H12O6S2.Rb/c1-21-23(19,20)15-13-9-11-5-3-2-4-10(11)8-12(13)6-7-14(15)22(16,17)18;/h2-9H,1H3,(H,16,17,18);/q;+1/p-1. The number of hydrogen-bond donors (Lipinski definition) is 0. The Bertz CT molecular complexity index is 1140. The molecule has 0 amide bonds. The summed E-state index contributed by atoms with van der Waals surface area (Å²) >= 11 is 0. The fourth-order valence-electron chi connectivity index (χ4n) is 2.50. The summed E-state index contributed by atoms with van der Waals surface area (Å²) in [5.41, 5.74) is 0. The van der Waals surface area contributed by atoms with Crippen LogP contribution in [-0.4, -0.2) is 28.5 Å². The fourth-order valence-corrected chi connectivity index (χ4v) is 4.62. The molecule has 0 aliphatic carbocycles. The Labute approximate surface area is 188 Å². The first-order valence-electron chi connectivity index (χ1n) is 6.46. The van der Waals surface area contributed by atoms with E-state index in [1.807, 2.05) is 12.1 Å². The molecule has 3 aromatic carbocycles. The van der Waals surface area contributed by atoms with Gasteiger partial charge in [0.15, 0.2) is 0 Å². The van der Waals surface area contributed by atoms with Gasteiger partial charge in [-0.25, -0.2) is 8.42 Å². The van der Waals surface area contributed by atoms with Crippen LogP contribution >= 0.6 is 0 Å². The smallest absolute Gasteiger partial charge is 0.744 e. The molecule has 0 N–H and O–H groups in total. The summed E-state index contributed by atoms with van der Waals surface area (Å²) in [7, 11) is -8.45. The number of benzene rings is 3. The van der Waals surface area contributed by atoms with Crippen molar-refractivity contribution in [1.82, 2.24) is 0 Å². The van der Waals surface area contributed by atoms with Crippen LogP contribution < -0.4 is 58.2 Å². The molecule has 0 unspecified atom stereocenters. The third kappa shape index (κ3) is 3.66. The Hall–Kier alpha value is -0.195. The van der Waals surface area contributed by atoms with Crippen LogP contribution in [0.2, 0.25) is 0 Å². The van der Waals surface area contributed by atoms with Gasteiger partial charge in [-0.2, -0.15) is 8.42 Å². The molecular weight excluding hydrogens is 426 g/mol. The second-order valence-electron chi connectivity index (χ2n) is 4.89. The van der Waals surface area contributed by atoms with Gasteiger partial charge in [0.25, 0.3) is 10.1 Å². The minimum atomic E-state index is -4.98. The van der Waals surface area contributed by atoms with Gasteiger partial charge in [-0.3, -0.25) is 4.18 Å². The summed E-state index contributed by atoms with van der Waals surface area (Å²) in [6, 6.07) is 12.9. The third-order valence-electron chi connectivity index (χ3n) is 3.54. The Kier molecular flexibility index (Phi) is 6.04. The Balaban J connectivity index is 0.00000208. The molecule has 0 saturated carbocycles. The largest absolute Gasteiger partial charge is 1.00 e. The van der Waals surface area contributed by atoms with Gasteiger partial charge in [-0.15, -0.1) is 0 Å². The molecule has 6 nitrogen and oxygen atoms in total. The number of fused-ring (bicyclic) bond motifs is 2. The molecule has 0 aromatic heterocycles. The summed E-state index contributed by atoms with van der Waals surface area (Å²) in [5.74, 6) is 0. The van der Waals surface area contributed by atoms with Crippen molar-refractivity contribution in [2.45, 2.75) is 9.79 Å². The minimum Gasteiger partial charge on any atom is -0.744 e. The predicted octanol–water partition coefficient (Wildman–Crippen LogP) is -0.764. The maximum atomic E-state index is 12.2. The Morgan fingerprint density at radius 3 is 2.00 bits per heavy atom. The quantitative estimate of drug-likeness (QED) is 0.304. The maximum absolute atomic E-state index is 12.2. The molecule has 120 valence electrons. The molecule has 3 rings (SSSR count). The molecule has 0 atom stereocenters. The zero-order valence-electron chi connectivity index (χ0n) is 12.9. The average molecular weight is 437 g/mol. The third-order valence-corrected chi connectivity index (χ3v) is 5.93. The summed E-state index contributed by atoms with van der Waals surface area (Å²) in [6.45, 7) is 0. The van der Waals surface area contributed by atoms with Crippen molar-refractivity contribution in [1.29, 1.82) is 0 Å². The van der Waals surface area contributed by atoms with E-state index in [1.165, 1.54) is 12.1 Å². The van der Waals surface area contributed by atoms with Crippen LogP contribution in [-0.2, 0) is 24.4 Å². The number of rotatable bonds is 3. The monoisotopic (exact) mass is 436 g/mol. The van der Waals surface area contributed by atoms with Crippen molar-refractivity contribution in [3.05, 3.63) is 48.5 Å². The van der Waals surface area contributed by atoms with Crippen LogP contribution in [0.15, 0.2) is 58.3 Å². The molecule has 0 heterocycles. The topological polar surface area (TPSA) is 101 Å². The Morgan fingerprint density at radius 2 is 1.46 bits per heavy atom. The van der Waals surface area contributed by atoms with Crippen molar-refractivity contribution in [3.63, 3.8) is 0 Å². The van der Waals surface area contributed by atoms with E-state index in [4.69, 9.17) is 0 Å². The molecule has 0 radical (unpaired) electrons. The van der Waals surface area contributed by atoms with Crippen molar-refractivity contribution < 1.29 is 83.8 Å². The first-order valence-corrected chi connectivity index (χ1v) is 9.28. The van der Waals surface area contributed by atoms with Gasteiger partial charge in [0.05, 0.1) is 12.0 Å². The van der Waals surface area contributed by atoms with E-state index < -0.39 is 30.0 Å².